The average Bonchev–Trinajstić information content (AvgIpc) is 2.68. The summed E-state index contributed by atoms with van der Waals surface area (Å²) in [5.41, 5.74) is 1.21. The van der Waals surface area contributed by atoms with Gasteiger partial charge in [-0.3, -0.25) is 0 Å². The fourth-order valence-corrected chi connectivity index (χ4v) is 3.31. The molecule has 7 nitrogen and oxygen atoms in total. The van der Waals surface area contributed by atoms with Gasteiger partial charge < -0.3 is 24.6 Å². The standard InChI is InChI=1S/C17H29NO2S.C4H4O4/c1-6-7-8-11-21-17-13-15(19-4)14(9-10-18(2)3)12-16(17)20-5;5-3(6)1-2-4(7)8/h12-13H,6-11H2,1-5H3;1-2H,(H,5,6)(H,7,8)/b;2-1-. The second-order valence-electron chi connectivity index (χ2n) is 6.43. The number of rotatable bonds is 12. The Morgan fingerprint density at radius 3 is 2.07 bits per heavy atom. The molecule has 1 aromatic carbocycles. The van der Waals surface area contributed by atoms with Crippen molar-refractivity contribution in [1.82, 2.24) is 4.90 Å². The number of aliphatic carboxylic acids is 2. The van der Waals surface area contributed by atoms with Gasteiger partial charge in [0.25, 0.3) is 0 Å². The fraction of sp³-hybridized carbons (Fsp3) is 0.524. The van der Waals surface area contributed by atoms with Gasteiger partial charge in [-0.15, -0.1) is 11.8 Å². The summed E-state index contributed by atoms with van der Waals surface area (Å²) in [6, 6.07) is 4.25. The summed E-state index contributed by atoms with van der Waals surface area (Å²) in [5.74, 6) is 0.547. The number of ether oxygens (including phenoxy) is 2. The second kappa shape index (κ2) is 15.7. The Morgan fingerprint density at radius 2 is 1.62 bits per heavy atom. The Kier molecular flexibility index (Phi) is 14.5. The smallest absolute Gasteiger partial charge is 0.328 e. The number of likely N-dealkylation sites (N-methyl/N-ethyl adjacent to an activating group) is 1. The maximum absolute atomic E-state index is 9.55. The Hall–Kier alpha value is -2.19. The number of nitrogens with zero attached hydrogens (tertiary/aromatic N) is 1. The molecule has 0 radical (unpaired) electrons. The fourth-order valence-electron chi connectivity index (χ4n) is 2.26. The van der Waals surface area contributed by atoms with E-state index in [1.165, 1.54) is 29.7 Å². The topological polar surface area (TPSA) is 96.3 Å². The molecule has 0 unspecified atom stereocenters. The van der Waals surface area contributed by atoms with E-state index in [0.717, 1.165) is 30.2 Å². The SMILES string of the molecule is CCCCCSc1cc(OC)c(CCN(C)C)cc1OC.O=C(O)/C=C\C(=O)O. The van der Waals surface area contributed by atoms with Crippen LogP contribution in [0.15, 0.2) is 29.2 Å². The van der Waals surface area contributed by atoms with Crippen LogP contribution in [-0.2, 0) is 16.0 Å². The van der Waals surface area contributed by atoms with Crippen LogP contribution in [-0.4, -0.2) is 67.7 Å². The van der Waals surface area contributed by atoms with Crippen LogP contribution in [0.2, 0.25) is 0 Å². The molecule has 1 aromatic rings. The number of benzene rings is 1. The third kappa shape index (κ3) is 12.8. The lowest BCUT2D eigenvalue weighted by Gasteiger charge is -2.16. The Labute approximate surface area is 177 Å². The summed E-state index contributed by atoms with van der Waals surface area (Å²) in [6.45, 7) is 3.23. The second-order valence-corrected chi connectivity index (χ2v) is 7.57. The number of hydrogen-bond donors (Lipinski definition) is 2. The van der Waals surface area contributed by atoms with Crippen molar-refractivity contribution in [2.75, 3.05) is 40.6 Å². The van der Waals surface area contributed by atoms with Crippen LogP contribution in [0.1, 0.15) is 31.7 Å². The lowest BCUT2D eigenvalue weighted by molar-refractivity contribution is -0.134. The number of methoxy groups -OCH3 is 2. The molecule has 0 bridgehead atoms. The predicted octanol–water partition coefficient (Wildman–Crippen LogP) is 3.80. The highest BCUT2D eigenvalue weighted by atomic mass is 32.2. The zero-order valence-corrected chi connectivity index (χ0v) is 18.8. The largest absolute Gasteiger partial charge is 0.496 e. The van der Waals surface area contributed by atoms with E-state index in [0.29, 0.717) is 12.2 Å². The minimum atomic E-state index is -1.26. The van der Waals surface area contributed by atoms with Crippen LogP contribution >= 0.6 is 11.8 Å². The Morgan fingerprint density at radius 1 is 1.03 bits per heavy atom. The lowest BCUT2D eigenvalue weighted by atomic mass is 10.1. The van der Waals surface area contributed by atoms with Crippen molar-refractivity contribution < 1.29 is 29.3 Å². The van der Waals surface area contributed by atoms with Crippen molar-refractivity contribution in [3.8, 4) is 11.5 Å². The van der Waals surface area contributed by atoms with Gasteiger partial charge in [0.1, 0.15) is 11.5 Å². The van der Waals surface area contributed by atoms with Crippen molar-refractivity contribution in [3.63, 3.8) is 0 Å². The van der Waals surface area contributed by atoms with Crippen LogP contribution in [0.5, 0.6) is 11.5 Å². The van der Waals surface area contributed by atoms with Crippen molar-refractivity contribution in [1.29, 1.82) is 0 Å². The number of unbranched alkanes of at least 4 members (excludes halogenated alkanes) is 2. The first-order chi connectivity index (χ1) is 13.7. The molecule has 2 N–H and O–H groups in total. The van der Waals surface area contributed by atoms with Gasteiger partial charge in [-0.25, -0.2) is 9.59 Å². The highest BCUT2D eigenvalue weighted by Gasteiger charge is 2.12. The lowest BCUT2D eigenvalue weighted by Crippen LogP contribution is -2.15. The molecule has 0 aliphatic rings. The Bertz CT molecular complexity index is 645. The van der Waals surface area contributed by atoms with Crippen LogP contribution < -0.4 is 9.47 Å². The quantitative estimate of drug-likeness (QED) is 0.295. The minimum Gasteiger partial charge on any atom is -0.496 e. The van der Waals surface area contributed by atoms with Gasteiger partial charge in [-0.1, -0.05) is 19.8 Å². The van der Waals surface area contributed by atoms with E-state index in [2.05, 4.69) is 38.1 Å². The molecule has 0 spiro atoms. The van der Waals surface area contributed by atoms with Crippen molar-refractivity contribution >= 4 is 23.7 Å². The molecule has 0 saturated carbocycles. The van der Waals surface area contributed by atoms with E-state index in [1.807, 2.05) is 11.8 Å². The molecule has 0 aliphatic carbocycles. The number of carboxylic acids is 2. The monoisotopic (exact) mass is 427 g/mol. The molecular weight excluding hydrogens is 394 g/mol. The number of carboxylic acid groups (broad SMARTS) is 2. The number of hydrogen-bond acceptors (Lipinski definition) is 6. The molecular formula is C21H33NO6S. The molecule has 0 fully saturated rings. The van der Waals surface area contributed by atoms with Gasteiger partial charge in [-0.2, -0.15) is 0 Å². The van der Waals surface area contributed by atoms with E-state index in [-0.39, 0.29) is 0 Å². The highest BCUT2D eigenvalue weighted by molar-refractivity contribution is 7.99. The zero-order valence-electron chi connectivity index (χ0n) is 17.9. The molecule has 164 valence electrons. The summed E-state index contributed by atoms with van der Waals surface area (Å²) >= 11 is 1.86. The average molecular weight is 428 g/mol. The Balaban J connectivity index is 0.000000828. The molecule has 0 saturated heterocycles. The summed E-state index contributed by atoms with van der Waals surface area (Å²) < 4.78 is 11.1. The van der Waals surface area contributed by atoms with Gasteiger partial charge in [-0.05, 0) is 50.4 Å². The first kappa shape index (κ1) is 26.8. The van der Waals surface area contributed by atoms with Crippen LogP contribution in [0.3, 0.4) is 0 Å². The van der Waals surface area contributed by atoms with Gasteiger partial charge in [0.05, 0.1) is 19.1 Å². The summed E-state index contributed by atoms with van der Waals surface area (Å²) in [5, 5.41) is 15.6. The molecule has 8 heteroatoms. The predicted molar refractivity (Wildman–Crippen MR) is 116 cm³/mol. The van der Waals surface area contributed by atoms with E-state index < -0.39 is 11.9 Å². The summed E-state index contributed by atoms with van der Waals surface area (Å²) in [4.78, 5) is 22.5. The third-order valence-corrected chi connectivity index (χ3v) is 4.89. The highest BCUT2D eigenvalue weighted by Crippen LogP contribution is 2.36. The normalized spacial score (nSPS) is 10.6. The van der Waals surface area contributed by atoms with Crippen LogP contribution in [0, 0.1) is 0 Å². The molecule has 0 atom stereocenters. The van der Waals surface area contributed by atoms with Crippen molar-refractivity contribution in [2.45, 2.75) is 37.5 Å². The summed E-state index contributed by atoms with van der Waals surface area (Å²) in [6.07, 6.45) is 5.87. The van der Waals surface area contributed by atoms with Gasteiger partial charge in [0.15, 0.2) is 0 Å². The molecule has 0 aliphatic heterocycles. The minimum absolute atomic E-state index is 0.558. The number of carbonyl (C=O) groups is 2. The van der Waals surface area contributed by atoms with E-state index in [4.69, 9.17) is 19.7 Å². The van der Waals surface area contributed by atoms with Crippen molar-refractivity contribution in [3.05, 3.63) is 29.8 Å². The molecule has 0 amide bonds. The van der Waals surface area contributed by atoms with E-state index in [9.17, 15) is 9.59 Å². The molecule has 1 rings (SSSR count). The first-order valence-corrected chi connectivity index (χ1v) is 10.4. The maximum atomic E-state index is 9.55. The van der Waals surface area contributed by atoms with Gasteiger partial charge in [0, 0.05) is 18.7 Å². The molecule has 29 heavy (non-hydrogen) atoms. The van der Waals surface area contributed by atoms with Gasteiger partial charge >= 0.3 is 11.9 Å². The van der Waals surface area contributed by atoms with Gasteiger partial charge in [0.2, 0.25) is 0 Å². The van der Waals surface area contributed by atoms with E-state index in [1.54, 1.807) is 14.2 Å². The summed E-state index contributed by atoms with van der Waals surface area (Å²) in [7, 11) is 7.66. The van der Waals surface area contributed by atoms with E-state index >= 15 is 0 Å². The van der Waals surface area contributed by atoms with Crippen molar-refractivity contribution in [2.24, 2.45) is 0 Å². The maximum Gasteiger partial charge on any atom is 0.328 e. The first-order valence-electron chi connectivity index (χ1n) is 9.41. The van der Waals surface area contributed by atoms with Crippen LogP contribution in [0.4, 0.5) is 0 Å². The zero-order chi connectivity index (χ0) is 22.2. The molecule has 0 heterocycles. The number of thioether (sulfide) groups is 1. The molecule has 0 aromatic heterocycles. The third-order valence-electron chi connectivity index (χ3n) is 3.77. The van der Waals surface area contributed by atoms with Crippen LogP contribution in [0.25, 0.3) is 0 Å².